The highest BCUT2D eigenvalue weighted by atomic mass is 16.6. The highest BCUT2D eigenvalue weighted by Crippen LogP contribution is 2.20. The largest absolute Gasteiger partial charge is 0.444 e. The molecule has 2 atom stereocenters. The minimum atomic E-state index is -0.449. The van der Waals surface area contributed by atoms with Gasteiger partial charge >= 0.3 is 6.09 Å². The predicted molar refractivity (Wildman–Crippen MR) is 101 cm³/mol. The number of aromatic nitrogens is 2. The van der Waals surface area contributed by atoms with E-state index in [-0.39, 0.29) is 6.09 Å². The zero-order valence-corrected chi connectivity index (χ0v) is 16.8. The second-order valence-electron chi connectivity index (χ2n) is 8.11. The topological polar surface area (TPSA) is 68.6 Å². The summed E-state index contributed by atoms with van der Waals surface area (Å²) >= 11 is 0. The number of nitrogens with zero attached hydrogens (tertiary/aromatic N) is 3. The fourth-order valence-corrected chi connectivity index (χ4v) is 3.12. The molecule has 0 bridgehead atoms. The Bertz CT molecular complexity index is 567. The minimum absolute atomic E-state index is 0.204. The minimum Gasteiger partial charge on any atom is -0.444 e. The highest BCUT2D eigenvalue weighted by Gasteiger charge is 2.28. The smallest absolute Gasteiger partial charge is 0.410 e. The molecule has 1 aliphatic rings. The second-order valence-corrected chi connectivity index (χ2v) is 8.11. The van der Waals surface area contributed by atoms with Crippen LogP contribution in [0.2, 0.25) is 0 Å². The molecule has 26 heavy (non-hydrogen) atoms. The first-order valence-corrected chi connectivity index (χ1v) is 9.50. The predicted octanol–water partition coefficient (Wildman–Crippen LogP) is 2.65. The number of hydrogen-bond donors (Lipinski definition) is 1. The Morgan fingerprint density at radius 2 is 2.08 bits per heavy atom. The van der Waals surface area contributed by atoms with Crippen LogP contribution in [-0.4, -0.2) is 59.2 Å². The Morgan fingerprint density at radius 1 is 1.35 bits per heavy atom. The maximum absolute atomic E-state index is 12.3. The third-order valence-corrected chi connectivity index (χ3v) is 4.68. The van der Waals surface area contributed by atoms with Crippen molar-refractivity contribution in [3.05, 3.63) is 18.0 Å². The molecule has 0 spiro atoms. The van der Waals surface area contributed by atoms with E-state index in [1.807, 2.05) is 36.5 Å². The number of hydrogen-bond acceptors (Lipinski definition) is 5. The summed E-state index contributed by atoms with van der Waals surface area (Å²) in [4.78, 5) is 14.1. The quantitative estimate of drug-likeness (QED) is 0.838. The van der Waals surface area contributed by atoms with E-state index in [2.05, 4.69) is 23.5 Å². The van der Waals surface area contributed by atoms with Crippen molar-refractivity contribution < 1.29 is 14.3 Å². The molecular formula is C19H34N4O3. The van der Waals surface area contributed by atoms with Gasteiger partial charge in [-0.1, -0.05) is 6.92 Å². The third-order valence-electron chi connectivity index (χ3n) is 4.68. The van der Waals surface area contributed by atoms with Crippen LogP contribution in [-0.2, 0) is 22.6 Å². The van der Waals surface area contributed by atoms with E-state index in [9.17, 15) is 4.79 Å². The standard InChI is InChI=1S/C19H34N4O3/c1-15-6-8-22(18(24)26-19(2,3)4)9-7-17(15)20-12-16-13-21-23(14-16)10-11-25-5/h13-15,17,20H,6-12H2,1-5H3. The third kappa shape index (κ3) is 6.61. The van der Waals surface area contributed by atoms with Gasteiger partial charge in [0.15, 0.2) is 0 Å². The molecule has 0 saturated carbocycles. The second kappa shape index (κ2) is 9.37. The van der Waals surface area contributed by atoms with Gasteiger partial charge in [-0.2, -0.15) is 5.10 Å². The summed E-state index contributed by atoms with van der Waals surface area (Å²) in [5.74, 6) is 0.506. The lowest BCUT2D eigenvalue weighted by atomic mass is 9.97. The Morgan fingerprint density at radius 3 is 2.77 bits per heavy atom. The van der Waals surface area contributed by atoms with Crippen LogP contribution in [0.15, 0.2) is 12.4 Å². The molecular weight excluding hydrogens is 332 g/mol. The fraction of sp³-hybridized carbons (Fsp3) is 0.789. The van der Waals surface area contributed by atoms with Gasteiger partial charge in [-0.05, 0) is 39.5 Å². The van der Waals surface area contributed by atoms with Crippen LogP contribution >= 0.6 is 0 Å². The zero-order valence-electron chi connectivity index (χ0n) is 16.8. The van der Waals surface area contributed by atoms with Crippen LogP contribution in [0, 0.1) is 5.92 Å². The first-order valence-electron chi connectivity index (χ1n) is 9.50. The Hall–Kier alpha value is -1.60. The maximum Gasteiger partial charge on any atom is 0.410 e. The van der Waals surface area contributed by atoms with Crippen LogP contribution in [0.25, 0.3) is 0 Å². The lowest BCUT2D eigenvalue weighted by Crippen LogP contribution is -2.38. The van der Waals surface area contributed by atoms with Crippen molar-refractivity contribution in [2.45, 2.75) is 65.3 Å². The molecule has 2 unspecified atom stereocenters. The summed E-state index contributed by atoms with van der Waals surface area (Å²) in [6.45, 7) is 11.7. The lowest BCUT2D eigenvalue weighted by Gasteiger charge is -2.26. The molecule has 1 aromatic rings. The molecule has 1 fully saturated rings. The molecule has 1 amide bonds. The molecule has 1 saturated heterocycles. The van der Waals surface area contributed by atoms with Crippen LogP contribution in [0.1, 0.15) is 46.1 Å². The van der Waals surface area contributed by atoms with Gasteiger partial charge in [0, 0.05) is 44.5 Å². The summed E-state index contributed by atoms with van der Waals surface area (Å²) in [5, 5.41) is 7.99. The molecule has 7 nitrogen and oxygen atoms in total. The first kappa shape index (κ1) is 20.7. The van der Waals surface area contributed by atoms with Gasteiger partial charge in [0.1, 0.15) is 5.60 Å². The lowest BCUT2D eigenvalue weighted by molar-refractivity contribution is 0.0255. The summed E-state index contributed by atoms with van der Waals surface area (Å²) in [6.07, 6.45) is 5.66. The normalized spacial score (nSPS) is 21.5. The number of amides is 1. The van der Waals surface area contributed by atoms with Gasteiger partial charge in [0.2, 0.25) is 0 Å². The molecule has 2 heterocycles. The molecule has 148 valence electrons. The molecule has 0 radical (unpaired) electrons. The van der Waals surface area contributed by atoms with Crippen LogP contribution < -0.4 is 5.32 Å². The van der Waals surface area contributed by atoms with Crippen LogP contribution in [0.5, 0.6) is 0 Å². The van der Waals surface area contributed by atoms with Crippen molar-refractivity contribution in [1.29, 1.82) is 0 Å². The van der Waals surface area contributed by atoms with E-state index in [4.69, 9.17) is 9.47 Å². The molecule has 0 aliphatic carbocycles. The van der Waals surface area contributed by atoms with Crippen molar-refractivity contribution in [2.75, 3.05) is 26.8 Å². The van der Waals surface area contributed by atoms with Crippen molar-refractivity contribution >= 4 is 6.09 Å². The number of carbonyl (C=O) groups is 1. The monoisotopic (exact) mass is 366 g/mol. The van der Waals surface area contributed by atoms with Gasteiger partial charge in [-0.3, -0.25) is 4.68 Å². The Balaban J connectivity index is 1.83. The number of rotatable bonds is 6. The molecule has 2 rings (SSSR count). The van der Waals surface area contributed by atoms with Gasteiger partial charge in [0.05, 0.1) is 19.3 Å². The number of ether oxygens (including phenoxy) is 2. The average Bonchev–Trinajstić information content (AvgIpc) is 2.92. The molecule has 7 heteroatoms. The van der Waals surface area contributed by atoms with E-state index < -0.39 is 5.60 Å². The Labute approximate surface area is 157 Å². The fourth-order valence-electron chi connectivity index (χ4n) is 3.12. The summed E-state index contributed by atoms with van der Waals surface area (Å²) in [5.41, 5.74) is 0.719. The maximum atomic E-state index is 12.3. The van der Waals surface area contributed by atoms with Gasteiger partial charge in [-0.25, -0.2) is 4.79 Å². The van der Waals surface area contributed by atoms with Crippen molar-refractivity contribution in [3.8, 4) is 0 Å². The zero-order chi connectivity index (χ0) is 19.2. The van der Waals surface area contributed by atoms with Crippen LogP contribution in [0.4, 0.5) is 4.79 Å². The van der Waals surface area contributed by atoms with E-state index in [0.717, 1.165) is 39.0 Å². The average molecular weight is 367 g/mol. The SMILES string of the molecule is COCCn1cc(CNC2CCN(C(=O)OC(C)(C)C)CCC2C)cn1. The van der Waals surface area contributed by atoms with E-state index in [1.165, 1.54) is 5.56 Å². The van der Waals surface area contributed by atoms with Crippen LogP contribution in [0.3, 0.4) is 0 Å². The van der Waals surface area contributed by atoms with Gasteiger partial charge in [0.25, 0.3) is 0 Å². The summed E-state index contributed by atoms with van der Waals surface area (Å²) in [6, 6.07) is 0.379. The molecule has 1 aromatic heterocycles. The summed E-state index contributed by atoms with van der Waals surface area (Å²) in [7, 11) is 1.69. The highest BCUT2D eigenvalue weighted by molar-refractivity contribution is 5.68. The Kier molecular flexibility index (Phi) is 7.46. The molecule has 1 N–H and O–H groups in total. The van der Waals surface area contributed by atoms with Gasteiger partial charge in [-0.15, -0.1) is 0 Å². The van der Waals surface area contributed by atoms with Crippen molar-refractivity contribution in [2.24, 2.45) is 5.92 Å². The number of carbonyl (C=O) groups excluding carboxylic acids is 1. The van der Waals surface area contributed by atoms with Crippen molar-refractivity contribution in [3.63, 3.8) is 0 Å². The number of methoxy groups -OCH3 is 1. The van der Waals surface area contributed by atoms with E-state index >= 15 is 0 Å². The first-order chi connectivity index (χ1) is 12.3. The number of likely N-dealkylation sites (tertiary alicyclic amines) is 1. The number of nitrogens with one attached hydrogen (secondary N) is 1. The molecule has 1 aliphatic heterocycles. The summed E-state index contributed by atoms with van der Waals surface area (Å²) < 4.78 is 12.5. The molecule has 0 aromatic carbocycles. The van der Waals surface area contributed by atoms with Gasteiger partial charge < -0.3 is 19.7 Å². The van der Waals surface area contributed by atoms with E-state index in [0.29, 0.717) is 18.6 Å². The van der Waals surface area contributed by atoms with E-state index in [1.54, 1.807) is 7.11 Å². The van der Waals surface area contributed by atoms with Crippen molar-refractivity contribution in [1.82, 2.24) is 20.0 Å².